The van der Waals surface area contributed by atoms with Crippen molar-refractivity contribution < 1.29 is 28.4 Å². The van der Waals surface area contributed by atoms with Crippen LogP contribution in [0.15, 0.2) is 72.3 Å². The highest BCUT2D eigenvalue weighted by Gasteiger charge is 2.40. The summed E-state index contributed by atoms with van der Waals surface area (Å²) in [5.74, 6) is 0. The van der Waals surface area contributed by atoms with E-state index >= 15 is 0 Å². The average Bonchev–Trinajstić information content (AvgIpc) is 3.12. The van der Waals surface area contributed by atoms with Crippen LogP contribution in [0.25, 0.3) is 0 Å². The van der Waals surface area contributed by atoms with Crippen molar-refractivity contribution in [1.82, 2.24) is 0 Å². The molecule has 0 fully saturated rings. The summed E-state index contributed by atoms with van der Waals surface area (Å²) in [7, 11) is 3.19. The molecule has 162 valence electrons. The third-order valence-electron chi connectivity index (χ3n) is 4.78. The summed E-state index contributed by atoms with van der Waals surface area (Å²) < 4.78 is 34.2. The minimum absolute atomic E-state index is 0.148. The van der Waals surface area contributed by atoms with Crippen molar-refractivity contribution in [3.8, 4) is 0 Å². The van der Waals surface area contributed by atoms with Crippen molar-refractivity contribution in [2.75, 3.05) is 34.4 Å². The van der Waals surface area contributed by atoms with Crippen LogP contribution in [0, 0.1) is 0 Å². The van der Waals surface area contributed by atoms with Crippen LogP contribution < -0.4 is 0 Å². The van der Waals surface area contributed by atoms with Gasteiger partial charge in [-0.25, -0.2) is 0 Å². The van der Waals surface area contributed by atoms with E-state index in [1.807, 2.05) is 66.7 Å². The Bertz CT molecular complexity index is 749. The highest BCUT2D eigenvalue weighted by Crippen LogP contribution is 2.29. The van der Waals surface area contributed by atoms with Crippen LogP contribution in [0.4, 0.5) is 0 Å². The monoisotopic (exact) mass is 414 g/mol. The number of ether oxygens (including phenoxy) is 6. The quantitative estimate of drug-likeness (QED) is 0.368. The molecular formula is C24H30O6. The fourth-order valence-electron chi connectivity index (χ4n) is 3.36. The molecule has 0 radical (unpaired) electrons. The van der Waals surface area contributed by atoms with Crippen LogP contribution in [0.2, 0.25) is 0 Å². The summed E-state index contributed by atoms with van der Waals surface area (Å²) in [6, 6.07) is 20.1. The van der Waals surface area contributed by atoms with Gasteiger partial charge in [-0.2, -0.15) is 0 Å². The van der Waals surface area contributed by atoms with E-state index in [0.717, 1.165) is 16.7 Å². The van der Waals surface area contributed by atoms with Crippen LogP contribution in [0.1, 0.15) is 11.1 Å². The zero-order valence-corrected chi connectivity index (χ0v) is 17.6. The minimum Gasteiger partial charge on any atom is -0.372 e. The number of hydrogen-bond acceptors (Lipinski definition) is 6. The van der Waals surface area contributed by atoms with E-state index < -0.39 is 0 Å². The molecule has 0 aliphatic heterocycles. The van der Waals surface area contributed by atoms with Gasteiger partial charge in [0.1, 0.15) is 31.9 Å². The normalized spacial score (nSPS) is 21.0. The van der Waals surface area contributed by atoms with Crippen LogP contribution in [-0.2, 0) is 41.6 Å². The van der Waals surface area contributed by atoms with Gasteiger partial charge in [-0.1, -0.05) is 60.7 Å². The number of methoxy groups -OCH3 is 2. The Balaban J connectivity index is 1.68. The largest absolute Gasteiger partial charge is 0.372 e. The van der Waals surface area contributed by atoms with E-state index in [4.69, 9.17) is 28.4 Å². The minimum atomic E-state index is -0.348. The van der Waals surface area contributed by atoms with Gasteiger partial charge in [-0.05, 0) is 22.8 Å². The molecule has 1 aliphatic carbocycles. The zero-order chi connectivity index (χ0) is 21.0. The Labute approximate surface area is 178 Å². The number of benzene rings is 2. The SMILES string of the molecule is COCO[C@H]1[C@H](OCc2ccccc2)C(COCc2ccccc2)=C[C@H]1OCOC. The maximum atomic E-state index is 6.27. The highest BCUT2D eigenvalue weighted by atomic mass is 16.7. The Morgan fingerprint density at radius 2 is 1.27 bits per heavy atom. The first kappa shape index (κ1) is 22.6. The van der Waals surface area contributed by atoms with E-state index in [0.29, 0.717) is 19.8 Å². The lowest BCUT2D eigenvalue weighted by Gasteiger charge is -2.27. The average molecular weight is 414 g/mol. The van der Waals surface area contributed by atoms with Crippen molar-refractivity contribution in [2.24, 2.45) is 0 Å². The lowest BCUT2D eigenvalue weighted by molar-refractivity contribution is -0.169. The Kier molecular flexibility index (Phi) is 9.50. The summed E-state index contributed by atoms with van der Waals surface area (Å²) in [4.78, 5) is 0. The molecule has 1 aliphatic rings. The van der Waals surface area contributed by atoms with Crippen molar-refractivity contribution in [1.29, 1.82) is 0 Å². The molecule has 0 heterocycles. The molecule has 2 aromatic rings. The fraction of sp³-hybridized carbons (Fsp3) is 0.417. The van der Waals surface area contributed by atoms with E-state index in [9.17, 15) is 0 Å². The molecule has 0 saturated carbocycles. The highest BCUT2D eigenvalue weighted by molar-refractivity contribution is 5.24. The van der Waals surface area contributed by atoms with E-state index in [-0.39, 0.29) is 31.9 Å². The van der Waals surface area contributed by atoms with Gasteiger partial charge in [0.25, 0.3) is 0 Å². The van der Waals surface area contributed by atoms with Gasteiger partial charge in [-0.15, -0.1) is 0 Å². The van der Waals surface area contributed by atoms with E-state index in [2.05, 4.69) is 0 Å². The van der Waals surface area contributed by atoms with Crippen molar-refractivity contribution in [3.05, 3.63) is 83.4 Å². The third-order valence-corrected chi connectivity index (χ3v) is 4.78. The zero-order valence-electron chi connectivity index (χ0n) is 17.6. The number of rotatable bonds is 13. The maximum absolute atomic E-state index is 6.27. The van der Waals surface area contributed by atoms with Gasteiger partial charge in [0, 0.05) is 14.2 Å². The van der Waals surface area contributed by atoms with Gasteiger partial charge >= 0.3 is 0 Å². The van der Waals surface area contributed by atoms with Crippen LogP contribution in [-0.4, -0.2) is 52.7 Å². The first-order valence-electron chi connectivity index (χ1n) is 10.0. The van der Waals surface area contributed by atoms with Crippen molar-refractivity contribution in [3.63, 3.8) is 0 Å². The summed E-state index contributed by atoms with van der Waals surface area (Å²) in [5, 5.41) is 0. The topological polar surface area (TPSA) is 55.4 Å². The van der Waals surface area contributed by atoms with Crippen LogP contribution in [0.5, 0.6) is 0 Å². The van der Waals surface area contributed by atoms with Gasteiger partial charge < -0.3 is 28.4 Å². The number of hydrogen-bond donors (Lipinski definition) is 0. The smallest absolute Gasteiger partial charge is 0.147 e. The first-order chi connectivity index (χ1) is 14.8. The lowest BCUT2D eigenvalue weighted by atomic mass is 10.1. The molecule has 2 aromatic carbocycles. The molecule has 30 heavy (non-hydrogen) atoms. The molecular weight excluding hydrogens is 384 g/mol. The standard InChI is InChI=1S/C24H30O6/c1-25-17-29-22-13-21(16-27-14-19-9-5-3-6-10-19)23(24(22)30-18-26-2)28-15-20-11-7-4-8-12-20/h3-13,22-24H,14-18H2,1-2H3/t22-,23-,24-/m1/s1. The van der Waals surface area contributed by atoms with E-state index in [1.54, 1.807) is 14.2 Å². The molecule has 0 unspecified atom stereocenters. The molecule has 3 rings (SSSR count). The Morgan fingerprint density at radius 1 is 0.667 bits per heavy atom. The molecule has 6 nitrogen and oxygen atoms in total. The molecule has 6 heteroatoms. The van der Waals surface area contributed by atoms with Crippen LogP contribution in [0.3, 0.4) is 0 Å². The third kappa shape index (κ3) is 6.74. The molecule has 0 spiro atoms. The molecule has 0 N–H and O–H groups in total. The second kappa shape index (κ2) is 12.6. The predicted octanol–water partition coefficient (Wildman–Crippen LogP) is 3.71. The Hall–Kier alpha value is -2.06. The molecule has 3 atom stereocenters. The molecule has 0 amide bonds. The van der Waals surface area contributed by atoms with E-state index in [1.165, 1.54) is 0 Å². The maximum Gasteiger partial charge on any atom is 0.147 e. The Morgan fingerprint density at radius 3 is 1.90 bits per heavy atom. The summed E-state index contributed by atoms with van der Waals surface area (Å²) in [5.41, 5.74) is 3.20. The molecule has 0 bridgehead atoms. The van der Waals surface area contributed by atoms with Gasteiger partial charge in [-0.3, -0.25) is 0 Å². The van der Waals surface area contributed by atoms with Gasteiger partial charge in [0.2, 0.25) is 0 Å². The molecule has 0 aromatic heterocycles. The van der Waals surface area contributed by atoms with Gasteiger partial charge in [0.15, 0.2) is 0 Å². The van der Waals surface area contributed by atoms with Gasteiger partial charge in [0.05, 0.1) is 19.8 Å². The molecule has 0 saturated heterocycles. The second-order valence-electron chi connectivity index (χ2n) is 7.01. The predicted molar refractivity (Wildman–Crippen MR) is 113 cm³/mol. The lowest BCUT2D eigenvalue weighted by Crippen LogP contribution is -2.38. The summed E-state index contributed by atoms with van der Waals surface area (Å²) in [6.07, 6.45) is 1.05. The second-order valence-corrected chi connectivity index (χ2v) is 7.01. The fourth-order valence-corrected chi connectivity index (χ4v) is 3.36. The summed E-state index contributed by atoms with van der Waals surface area (Å²) in [6.45, 7) is 1.72. The first-order valence-corrected chi connectivity index (χ1v) is 10.0. The summed E-state index contributed by atoms with van der Waals surface area (Å²) >= 11 is 0. The van der Waals surface area contributed by atoms with Crippen molar-refractivity contribution >= 4 is 0 Å². The van der Waals surface area contributed by atoms with Crippen LogP contribution >= 0.6 is 0 Å². The van der Waals surface area contributed by atoms with Crippen molar-refractivity contribution in [2.45, 2.75) is 31.5 Å².